The van der Waals surface area contributed by atoms with Gasteiger partial charge in [-0.3, -0.25) is 0 Å². The van der Waals surface area contributed by atoms with Gasteiger partial charge in [-0.25, -0.2) is 4.98 Å². The fourth-order valence-electron chi connectivity index (χ4n) is 2.83. The van der Waals surface area contributed by atoms with Crippen LogP contribution in [0.2, 0.25) is 0 Å². The van der Waals surface area contributed by atoms with Gasteiger partial charge in [0.15, 0.2) is 0 Å². The minimum atomic E-state index is -4.97. The second kappa shape index (κ2) is 6.29. The Bertz CT molecular complexity index is 978. The molecule has 0 fully saturated rings. The summed E-state index contributed by atoms with van der Waals surface area (Å²) in [6.45, 7) is 0. The van der Waals surface area contributed by atoms with Crippen molar-refractivity contribution < 1.29 is 26.3 Å². The average Bonchev–Trinajstić information content (AvgIpc) is 2.58. The molecule has 4 nitrogen and oxygen atoms in total. The van der Waals surface area contributed by atoms with Crippen LogP contribution in [0.25, 0.3) is 22.0 Å². The summed E-state index contributed by atoms with van der Waals surface area (Å²) in [5.41, 5.74) is 1.69. The number of fused-ring (bicyclic) bond motifs is 1. The van der Waals surface area contributed by atoms with Crippen molar-refractivity contribution in [3.05, 3.63) is 47.5 Å². The second-order valence-electron chi connectivity index (χ2n) is 5.64. The van der Waals surface area contributed by atoms with Crippen molar-refractivity contribution in [3.63, 3.8) is 0 Å². The lowest BCUT2D eigenvalue weighted by Gasteiger charge is -2.19. The molecule has 0 unspecified atom stereocenters. The van der Waals surface area contributed by atoms with Crippen molar-refractivity contribution in [3.8, 4) is 11.1 Å². The highest BCUT2D eigenvalue weighted by atomic mass is 19.4. The Morgan fingerprint density at radius 3 is 2.00 bits per heavy atom. The number of nitrogens with two attached hydrogens (primary N) is 1. The van der Waals surface area contributed by atoms with Crippen LogP contribution >= 0.6 is 0 Å². The summed E-state index contributed by atoms with van der Waals surface area (Å²) in [5.74, 6) is 0.147. The fourth-order valence-corrected chi connectivity index (χ4v) is 2.83. The number of alkyl halides is 6. The van der Waals surface area contributed by atoms with Crippen molar-refractivity contribution in [2.45, 2.75) is 12.4 Å². The Hall–Kier alpha value is -3.04. The summed E-state index contributed by atoms with van der Waals surface area (Å²) in [7, 11) is 1.55. The predicted octanol–water partition coefficient (Wildman–Crippen LogP) is 4.96. The molecule has 0 spiro atoms. The van der Waals surface area contributed by atoms with Crippen molar-refractivity contribution in [1.29, 1.82) is 0 Å². The molecule has 1 aromatic heterocycles. The third-order valence-electron chi connectivity index (χ3n) is 3.91. The minimum Gasteiger partial charge on any atom is -0.372 e. The van der Waals surface area contributed by atoms with Gasteiger partial charge in [-0.05, 0) is 29.8 Å². The van der Waals surface area contributed by atoms with Gasteiger partial charge in [0.05, 0.1) is 16.6 Å². The van der Waals surface area contributed by atoms with Crippen LogP contribution in [0.15, 0.2) is 36.4 Å². The molecule has 0 bridgehead atoms. The van der Waals surface area contributed by atoms with Crippen LogP contribution in [0.4, 0.5) is 38.1 Å². The van der Waals surface area contributed by atoms with Gasteiger partial charge in [0.2, 0.25) is 5.95 Å². The third kappa shape index (κ3) is 3.46. The average molecular weight is 386 g/mol. The third-order valence-corrected chi connectivity index (χ3v) is 3.91. The van der Waals surface area contributed by atoms with Gasteiger partial charge < -0.3 is 11.1 Å². The van der Waals surface area contributed by atoms with Crippen LogP contribution in [-0.2, 0) is 12.4 Å². The largest absolute Gasteiger partial charge is 0.417 e. The molecule has 10 heteroatoms. The number of aromatic nitrogens is 2. The molecule has 142 valence electrons. The predicted molar refractivity (Wildman–Crippen MR) is 88.9 cm³/mol. The Kier molecular flexibility index (Phi) is 4.37. The van der Waals surface area contributed by atoms with Gasteiger partial charge in [0, 0.05) is 18.0 Å². The zero-order valence-corrected chi connectivity index (χ0v) is 13.7. The molecule has 0 saturated carbocycles. The first-order valence-electron chi connectivity index (χ1n) is 7.55. The molecular weight excluding hydrogens is 374 g/mol. The van der Waals surface area contributed by atoms with E-state index in [1.807, 2.05) is 0 Å². The molecule has 3 rings (SSSR count). The summed E-state index contributed by atoms with van der Waals surface area (Å²) in [6, 6.07) is 5.61. The van der Waals surface area contributed by atoms with Gasteiger partial charge in [-0.1, -0.05) is 12.1 Å². The summed E-state index contributed by atoms with van der Waals surface area (Å²) >= 11 is 0. The van der Waals surface area contributed by atoms with Crippen molar-refractivity contribution in [2.75, 3.05) is 18.1 Å². The molecule has 0 aliphatic rings. The number of rotatable bonds is 2. The lowest BCUT2D eigenvalue weighted by atomic mass is 9.93. The van der Waals surface area contributed by atoms with Gasteiger partial charge in [-0.15, -0.1) is 0 Å². The van der Waals surface area contributed by atoms with E-state index >= 15 is 0 Å². The summed E-state index contributed by atoms with van der Waals surface area (Å²) < 4.78 is 80.3. The van der Waals surface area contributed by atoms with Crippen molar-refractivity contribution in [1.82, 2.24) is 9.97 Å². The Morgan fingerprint density at radius 2 is 1.48 bits per heavy atom. The van der Waals surface area contributed by atoms with E-state index in [2.05, 4.69) is 15.3 Å². The smallest absolute Gasteiger partial charge is 0.372 e. The van der Waals surface area contributed by atoms with E-state index < -0.39 is 29.0 Å². The van der Waals surface area contributed by atoms with E-state index in [0.717, 1.165) is 12.1 Å². The molecule has 0 aliphatic carbocycles. The molecule has 0 aliphatic heterocycles. The number of anilines is 2. The molecule has 0 saturated heterocycles. The molecule has 27 heavy (non-hydrogen) atoms. The van der Waals surface area contributed by atoms with Gasteiger partial charge in [0.1, 0.15) is 5.82 Å². The number of hydrogen-bond acceptors (Lipinski definition) is 4. The number of benzene rings is 2. The number of hydrogen-bond donors (Lipinski definition) is 2. The number of nitrogen functional groups attached to an aromatic ring is 1. The van der Waals surface area contributed by atoms with E-state index in [9.17, 15) is 26.3 Å². The first kappa shape index (κ1) is 18.7. The van der Waals surface area contributed by atoms with E-state index in [0.29, 0.717) is 23.3 Å². The maximum absolute atomic E-state index is 13.4. The molecule has 3 aromatic rings. The second-order valence-corrected chi connectivity index (χ2v) is 5.64. The van der Waals surface area contributed by atoms with Gasteiger partial charge >= 0.3 is 12.4 Å². The van der Waals surface area contributed by atoms with Crippen LogP contribution in [0.1, 0.15) is 11.1 Å². The standard InChI is InChI=1S/C17H12F6N4/c1-25-14-9-6-5-8(7-12(9)26-15(24)27-14)13-10(16(18,19)20)3-2-4-11(13)17(21,22)23/h2-7H,1H3,(H3,24,25,26,27). The van der Waals surface area contributed by atoms with Crippen molar-refractivity contribution >= 4 is 22.7 Å². The lowest BCUT2D eigenvalue weighted by Crippen LogP contribution is -2.14. The summed E-state index contributed by atoms with van der Waals surface area (Å²) in [5, 5.41) is 3.16. The Balaban J connectivity index is 2.36. The van der Waals surface area contributed by atoms with E-state index in [4.69, 9.17) is 5.73 Å². The zero-order chi connectivity index (χ0) is 20.0. The quantitative estimate of drug-likeness (QED) is 0.611. The van der Waals surface area contributed by atoms with E-state index in [1.165, 1.54) is 12.1 Å². The monoisotopic (exact) mass is 386 g/mol. The zero-order valence-electron chi connectivity index (χ0n) is 13.7. The summed E-state index contributed by atoms with van der Waals surface area (Å²) in [6.07, 6.45) is -9.93. The van der Waals surface area contributed by atoms with E-state index in [1.54, 1.807) is 7.05 Å². The van der Waals surface area contributed by atoms with Crippen LogP contribution in [0, 0.1) is 0 Å². The highest BCUT2D eigenvalue weighted by Gasteiger charge is 2.41. The SMILES string of the molecule is CNc1nc(N)nc2cc(-c3c(C(F)(F)F)cccc3C(F)(F)F)ccc12. The van der Waals surface area contributed by atoms with Crippen LogP contribution < -0.4 is 11.1 Å². The maximum Gasteiger partial charge on any atom is 0.417 e. The fraction of sp³-hybridized carbons (Fsp3) is 0.176. The number of halogens is 6. The number of nitrogens with one attached hydrogen (secondary N) is 1. The molecule has 1 heterocycles. The lowest BCUT2D eigenvalue weighted by molar-refractivity contribution is -0.142. The Morgan fingerprint density at radius 1 is 0.889 bits per heavy atom. The van der Waals surface area contributed by atoms with Gasteiger partial charge in [-0.2, -0.15) is 31.3 Å². The first-order chi connectivity index (χ1) is 12.5. The normalized spacial score (nSPS) is 12.4. The molecule has 2 aromatic carbocycles. The molecular formula is C17H12F6N4. The molecule has 0 atom stereocenters. The minimum absolute atomic E-state index is 0.120. The molecule has 0 amide bonds. The van der Waals surface area contributed by atoms with Crippen molar-refractivity contribution in [2.24, 2.45) is 0 Å². The first-order valence-corrected chi connectivity index (χ1v) is 7.55. The van der Waals surface area contributed by atoms with Crippen LogP contribution in [-0.4, -0.2) is 17.0 Å². The summed E-state index contributed by atoms with van der Waals surface area (Å²) in [4.78, 5) is 7.85. The van der Waals surface area contributed by atoms with Crippen LogP contribution in [0.3, 0.4) is 0 Å². The topological polar surface area (TPSA) is 63.8 Å². The van der Waals surface area contributed by atoms with Crippen LogP contribution in [0.5, 0.6) is 0 Å². The van der Waals surface area contributed by atoms with E-state index in [-0.39, 0.29) is 17.0 Å². The molecule has 3 N–H and O–H groups in total. The highest BCUT2D eigenvalue weighted by molar-refractivity contribution is 5.93. The number of nitrogens with zero attached hydrogens (tertiary/aromatic N) is 2. The van der Waals surface area contributed by atoms with Gasteiger partial charge in [0.25, 0.3) is 0 Å². The Labute approximate surface area is 149 Å². The molecule has 0 radical (unpaired) electrons. The highest BCUT2D eigenvalue weighted by Crippen LogP contribution is 2.45. The maximum atomic E-state index is 13.4.